The van der Waals surface area contributed by atoms with Crippen molar-refractivity contribution in [2.24, 2.45) is 4.99 Å². The summed E-state index contributed by atoms with van der Waals surface area (Å²) in [5.41, 5.74) is 2.13. The fourth-order valence-electron chi connectivity index (χ4n) is 2.66. The molecule has 0 aliphatic rings. The molecule has 1 unspecified atom stereocenters. The Morgan fingerprint density at radius 2 is 2.00 bits per heavy atom. The SMILES string of the molecule is CCNC(=NCC(CCN(C)C)OCC)NCCc1ccc(F)cc1C.I. The molecule has 0 saturated carbocycles. The zero-order valence-electron chi connectivity index (χ0n) is 17.3. The third kappa shape index (κ3) is 11.5. The van der Waals surface area contributed by atoms with Crippen molar-refractivity contribution in [3.63, 3.8) is 0 Å². The second kappa shape index (κ2) is 15.0. The molecule has 0 aliphatic heterocycles. The molecule has 27 heavy (non-hydrogen) atoms. The average molecular weight is 494 g/mol. The Bertz CT molecular complexity index is 555. The summed E-state index contributed by atoms with van der Waals surface area (Å²) in [5.74, 6) is 0.607. The molecule has 1 atom stereocenters. The summed E-state index contributed by atoms with van der Waals surface area (Å²) in [7, 11) is 4.13. The zero-order valence-corrected chi connectivity index (χ0v) is 19.7. The van der Waals surface area contributed by atoms with E-state index < -0.39 is 0 Å². The zero-order chi connectivity index (χ0) is 19.4. The van der Waals surface area contributed by atoms with Gasteiger partial charge < -0.3 is 20.3 Å². The van der Waals surface area contributed by atoms with Gasteiger partial charge >= 0.3 is 0 Å². The molecule has 0 spiro atoms. The summed E-state index contributed by atoms with van der Waals surface area (Å²) in [5, 5.41) is 6.62. The lowest BCUT2D eigenvalue weighted by Gasteiger charge is -2.19. The molecule has 0 aliphatic carbocycles. The number of halogens is 2. The maximum atomic E-state index is 13.2. The van der Waals surface area contributed by atoms with E-state index >= 15 is 0 Å². The highest BCUT2D eigenvalue weighted by Gasteiger charge is 2.09. The number of guanidine groups is 1. The topological polar surface area (TPSA) is 48.9 Å². The van der Waals surface area contributed by atoms with Gasteiger partial charge in [0.15, 0.2) is 5.96 Å². The minimum absolute atomic E-state index is 0. The maximum Gasteiger partial charge on any atom is 0.191 e. The molecule has 1 aromatic carbocycles. The molecule has 0 aromatic heterocycles. The van der Waals surface area contributed by atoms with Crippen LogP contribution in [0.25, 0.3) is 0 Å². The average Bonchev–Trinajstić information content (AvgIpc) is 2.58. The monoisotopic (exact) mass is 494 g/mol. The number of rotatable bonds is 11. The second-order valence-corrected chi connectivity index (χ2v) is 6.64. The molecule has 7 heteroatoms. The Labute approximate surface area is 181 Å². The first-order valence-electron chi connectivity index (χ1n) is 9.49. The maximum absolute atomic E-state index is 13.2. The molecule has 156 valence electrons. The number of aryl methyl sites for hydroxylation is 1. The lowest BCUT2D eigenvalue weighted by molar-refractivity contribution is 0.0582. The van der Waals surface area contributed by atoms with Crippen LogP contribution in [0.2, 0.25) is 0 Å². The van der Waals surface area contributed by atoms with Gasteiger partial charge in [-0.2, -0.15) is 0 Å². The highest BCUT2D eigenvalue weighted by molar-refractivity contribution is 14.0. The number of aliphatic imine (C=N–C) groups is 1. The van der Waals surface area contributed by atoms with E-state index in [1.54, 1.807) is 6.07 Å². The van der Waals surface area contributed by atoms with Crippen LogP contribution in [0.15, 0.2) is 23.2 Å². The standard InChI is InChI=1S/C20H35FN4O.HI/c1-6-22-20(24-15-19(26-7-2)11-13-25(4)5)23-12-10-17-8-9-18(21)14-16(17)3;/h8-9,14,19H,6-7,10-13,15H2,1-5H3,(H2,22,23,24);1H. The van der Waals surface area contributed by atoms with Gasteiger partial charge in [-0.25, -0.2) is 4.39 Å². The van der Waals surface area contributed by atoms with Gasteiger partial charge in [-0.05, 0) is 71.0 Å². The molecular weight excluding hydrogens is 458 g/mol. The van der Waals surface area contributed by atoms with E-state index in [-0.39, 0.29) is 35.9 Å². The summed E-state index contributed by atoms with van der Waals surface area (Å²) in [6, 6.07) is 4.94. The molecule has 0 heterocycles. The van der Waals surface area contributed by atoms with Gasteiger partial charge in [0.05, 0.1) is 12.6 Å². The molecule has 0 saturated heterocycles. The van der Waals surface area contributed by atoms with Gasteiger partial charge in [-0.1, -0.05) is 6.07 Å². The third-order valence-electron chi connectivity index (χ3n) is 4.09. The van der Waals surface area contributed by atoms with Crippen molar-refractivity contribution in [1.82, 2.24) is 15.5 Å². The Balaban J connectivity index is 0.00000676. The predicted molar refractivity (Wildman–Crippen MR) is 123 cm³/mol. The number of ether oxygens (including phenoxy) is 1. The van der Waals surface area contributed by atoms with Crippen molar-refractivity contribution in [3.05, 3.63) is 35.1 Å². The van der Waals surface area contributed by atoms with Crippen LogP contribution in [0.3, 0.4) is 0 Å². The smallest absolute Gasteiger partial charge is 0.191 e. The highest BCUT2D eigenvalue weighted by atomic mass is 127. The largest absolute Gasteiger partial charge is 0.377 e. The minimum Gasteiger partial charge on any atom is -0.377 e. The van der Waals surface area contributed by atoms with Gasteiger partial charge in [0, 0.05) is 26.2 Å². The quantitative estimate of drug-likeness (QED) is 0.282. The molecule has 0 bridgehead atoms. The van der Waals surface area contributed by atoms with Crippen LogP contribution in [0.5, 0.6) is 0 Å². The molecule has 0 amide bonds. The first-order valence-corrected chi connectivity index (χ1v) is 9.49. The summed E-state index contributed by atoms with van der Waals surface area (Å²) >= 11 is 0. The van der Waals surface area contributed by atoms with E-state index in [1.807, 2.05) is 26.8 Å². The molecule has 2 N–H and O–H groups in total. The Kier molecular flexibility index (Phi) is 14.5. The number of nitrogens with zero attached hydrogens (tertiary/aromatic N) is 2. The van der Waals surface area contributed by atoms with Crippen LogP contribution in [0, 0.1) is 12.7 Å². The van der Waals surface area contributed by atoms with Crippen molar-refractivity contribution in [1.29, 1.82) is 0 Å². The molecule has 1 aromatic rings. The van der Waals surface area contributed by atoms with E-state index in [0.29, 0.717) is 13.2 Å². The lowest BCUT2D eigenvalue weighted by Crippen LogP contribution is -2.39. The molecular formula is C20H36FIN4O. The Morgan fingerprint density at radius 1 is 1.26 bits per heavy atom. The highest BCUT2D eigenvalue weighted by Crippen LogP contribution is 2.10. The molecule has 1 rings (SSSR count). The number of benzene rings is 1. The fraction of sp³-hybridized carbons (Fsp3) is 0.650. The van der Waals surface area contributed by atoms with E-state index in [0.717, 1.165) is 49.6 Å². The van der Waals surface area contributed by atoms with Crippen LogP contribution >= 0.6 is 24.0 Å². The summed E-state index contributed by atoms with van der Waals surface area (Å²) in [6.07, 6.45) is 1.90. The van der Waals surface area contributed by atoms with Crippen LogP contribution in [-0.4, -0.2) is 63.8 Å². The molecule has 0 fully saturated rings. The normalized spacial score (nSPS) is 12.6. The number of hydrogen-bond acceptors (Lipinski definition) is 3. The van der Waals surface area contributed by atoms with Crippen LogP contribution in [-0.2, 0) is 11.2 Å². The Morgan fingerprint density at radius 3 is 2.59 bits per heavy atom. The predicted octanol–water partition coefficient (Wildman–Crippen LogP) is 3.21. The van der Waals surface area contributed by atoms with Crippen LogP contribution < -0.4 is 10.6 Å². The van der Waals surface area contributed by atoms with Crippen molar-refractivity contribution in [3.8, 4) is 0 Å². The first kappa shape index (κ1) is 26.1. The van der Waals surface area contributed by atoms with E-state index in [1.165, 1.54) is 6.07 Å². The van der Waals surface area contributed by atoms with Gasteiger partial charge in [0.1, 0.15) is 5.82 Å². The number of nitrogens with one attached hydrogen (secondary N) is 2. The Hall–Kier alpha value is -0.930. The summed E-state index contributed by atoms with van der Waals surface area (Å²) in [6.45, 7) is 9.86. The van der Waals surface area contributed by atoms with Crippen molar-refractivity contribution >= 4 is 29.9 Å². The van der Waals surface area contributed by atoms with Crippen LogP contribution in [0.1, 0.15) is 31.4 Å². The van der Waals surface area contributed by atoms with Crippen LogP contribution in [0.4, 0.5) is 4.39 Å². The molecule has 5 nitrogen and oxygen atoms in total. The van der Waals surface area contributed by atoms with Crippen molar-refractivity contribution < 1.29 is 9.13 Å². The summed E-state index contributed by atoms with van der Waals surface area (Å²) in [4.78, 5) is 6.83. The van der Waals surface area contributed by atoms with Gasteiger partial charge in [0.2, 0.25) is 0 Å². The number of hydrogen-bond donors (Lipinski definition) is 2. The third-order valence-corrected chi connectivity index (χ3v) is 4.09. The van der Waals surface area contributed by atoms with Crippen molar-refractivity contribution in [2.45, 2.75) is 39.7 Å². The summed E-state index contributed by atoms with van der Waals surface area (Å²) < 4.78 is 19.0. The van der Waals surface area contributed by atoms with Gasteiger partial charge in [-0.3, -0.25) is 4.99 Å². The first-order chi connectivity index (χ1) is 12.5. The fourth-order valence-corrected chi connectivity index (χ4v) is 2.66. The minimum atomic E-state index is -0.186. The van der Waals surface area contributed by atoms with E-state index in [4.69, 9.17) is 4.74 Å². The lowest BCUT2D eigenvalue weighted by atomic mass is 10.1. The van der Waals surface area contributed by atoms with Gasteiger partial charge in [-0.15, -0.1) is 24.0 Å². The molecule has 0 radical (unpaired) electrons. The van der Waals surface area contributed by atoms with Gasteiger partial charge in [0.25, 0.3) is 0 Å². The van der Waals surface area contributed by atoms with Crippen molar-refractivity contribution in [2.75, 3.05) is 46.9 Å². The van der Waals surface area contributed by atoms with E-state index in [9.17, 15) is 4.39 Å². The second-order valence-electron chi connectivity index (χ2n) is 6.64. The van der Waals surface area contributed by atoms with E-state index in [2.05, 4.69) is 34.6 Å².